The fourth-order valence-corrected chi connectivity index (χ4v) is 10.4. The van der Waals surface area contributed by atoms with Gasteiger partial charge in [-0.3, -0.25) is 0 Å². The third-order valence-corrected chi connectivity index (χ3v) is 13.2. The van der Waals surface area contributed by atoms with E-state index in [1.165, 1.54) is 93.5 Å². The summed E-state index contributed by atoms with van der Waals surface area (Å²) in [6, 6.07) is 80.3. The van der Waals surface area contributed by atoms with E-state index in [4.69, 9.17) is 0 Å². The first-order valence-corrected chi connectivity index (χ1v) is 21.3. The van der Waals surface area contributed by atoms with Gasteiger partial charge in [-0.25, -0.2) is 0 Å². The van der Waals surface area contributed by atoms with E-state index in [0.29, 0.717) is 0 Å². The number of para-hydroxylation sites is 2. The molecule has 0 N–H and O–H groups in total. The van der Waals surface area contributed by atoms with Crippen LogP contribution < -0.4 is 4.90 Å². The van der Waals surface area contributed by atoms with Crippen molar-refractivity contribution in [3.63, 3.8) is 0 Å². The molecule has 0 saturated heterocycles. The molecule has 0 aliphatic heterocycles. The third kappa shape index (κ3) is 5.42. The molecule has 0 radical (unpaired) electrons. The number of hydrogen-bond acceptors (Lipinski definition) is 1. The lowest BCUT2D eigenvalue weighted by Gasteiger charge is -2.26. The first kappa shape index (κ1) is 35.3. The Morgan fingerprint density at radius 1 is 0.344 bits per heavy atom. The van der Waals surface area contributed by atoms with Crippen LogP contribution in [0.15, 0.2) is 218 Å². The second kappa shape index (κ2) is 13.7. The highest BCUT2D eigenvalue weighted by molar-refractivity contribution is 6.21. The van der Waals surface area contributed by atoms with Crippen molar-refractivity contribution in [3.8, 4) is 39.1 Å². The van der Waals surface area contributed by atoms with Gasteiger partial charge in [-0.15, -0.1) is 0 Å². The lowest BCUT2D eigenvalue weighted by Crippen LogP contribution is -2.15. The van der Waals surface area contributed by atoms with Gasteiger partial charge in [0.2, 0.25) is 0 Å². The van der Waals surface area contributed by atoms with Gasteiger partial charge < -0.3 is 9.47 Å². The quantitative estimate of drug-likeness (QED) is 0.153. The van der Waals surface area contributed by atoms with E-state index in [0.717, 1.165) is 17.1 Å². The minimum Gasteiger partial charge on any atom is -0.310 e. The average Bonchev–Trinajstić information content (AvgIpc) is 3.76. The Morgan fingerprint density at radius 3 is 1.51 bits per heavy atom. The first-order chi connectivity index (χ1) is 30.0. The number of benzene rings is 10. The van der Waals surface area contributed by atoms with E-state index in [9.17, 15) is 0 Å². The molecule has 0 amide bonds. The zero-order chi connectivity index (χ0) is 40.7. The average molecular weight is 779 g/mol. The van der Waals surface area contributed by atoms with E-state index >= 15 is 0 Å². The largest absolute Gasteiger partial charge is 0.310 e. The van der Waals surface area contributed by atoms with Gasteiger partial charge >= 0.3 is 0 Å². The van der Waals surface area contributed by atoms with Gasteiger partial charge in [0.25, 0.3) is 0 Å². The molecule has 0 spiro atoms. The summed E-state index contributed by atoms with van der Waals surface area (Å²) < 4.78 is 2.45. The van der Waals surface area contributed by atoms with Gasteiger partial charge in [-0.1, -0.05) is 172 Å². The predicted octanol–water partition coefficient (Wildman–Crippen LogP) is 16.2. The Bertz CT molecular complexity index is 3430. The van der Waals surface area contributed by atoms with E-state index in [2.05, 4.69) is 242 Å². The minimum absolute atomic E-state index is 0.0780. The predicted molar refractivity (Wildman–Crippen MR) is 259 cm³/mol. The van der Waals surface area contributed by atoms with Crippen molar-refractivity contribution in [2.45, 2.75) is 19.3 Å². The van der Waals surface area contributed by atoms with Crippen LogP contribution in [0.25, 0.3) is 82.4 Å². The molecule has 61 heavy (non-hydrogen) atoms. The summed E-state index contributed by atoms with van der Waals surface area (Å²) in [4.78, 5) is 2.39. The van der Waals surface area contributed by atoms with Gasteiger partial charge in [0.05, 0.1) is 11.0 Å². The van der Waals surface area contributed by atoms with E-state index in [1.807, 2.05) is 0 Å². The van der Waals surface area contributed by atoms with Crippen LogP contribution in [0, 0.1) is 0 Å². The zero-order valence-corrected chi connectivity index (χ0v) is 34.2. The lowest BCUT2D eigenvalue weighted by molar-refractivity contribution is 0.660. The molecule has 1 aliphatic rings. The van der Waals surface area contributed by atoms with Crippen molar-refractivity contribution >= 4 is 60.4 Å². The summed E-state index contributed by atoms with van der Waals surface area (Å²) in [7, 11) is 0. The zero-order valence-electron chi connectivity index (χ0n) is 34.2. The Hall–Kier alpha value is -7.68. The summed E-state index contributed by atoms with van der Waals surface area (Å²) in [6.45, 7) is 4.71. The summed E-state index contributed by atoms with van der Waals surface area (Å²) in [5.41, 5.74) is 17.3. The first-order valence-electron chi connectivity index (χ1n) is 21.3. The molecular weight excluding hydrogens is 737 g/mol. The van der Waals surface area contributed by atoms with Crippen molar-refractivity contribution in [1.82, 2.24) is 4.57 Å². The minimum atomic E-state index is -0.0780. The standard InChI is InChI=1S/C59H42N2/c1-59(2)53-27-15-13-21-45(53)46-35-33-44(38-54(46)59)61-55-28-16-14-22-47(55)52-37-43(34-36-56(52)61)60(41-19-7-4-8-20-41)42-31-29-40(30-32-42)58-50-25-11-9-23-48(50)57(39-17-5-3-6-18-39)49-24-10-12-26-51(49)58/h3-38H,1-2H3. The van der Waals surface area contributed by atoms with Crippen molar-refractivity contribution in [1.29, 1.82) is 0 Å². The summed E-state index contributed by atoms with van der Waals surface area (Å²) in [5, 5.41) is 7.50. The Kier molecular flexibility index (Phi) is 7.92. The van der Waals surface area contributed by atoms with Gasteiger partial charge in [0.1, 0.15) is 0 Å². The van der Waals surface area contributed by atoms with E-state index < -0.39 is 0 Å². The molecule has 1 aromatic heterocycles. The van der Waals surface area contributed by atoms with Crippen LogP contribution in [0.2, 0.25) is 0 Å². The van der Waals surface area contributed by atoms with Crippen LogP contribution in [0.5, 0.6) is 0 Å². The Labute approximate surface area is 356 Å². The van der Waals surface area contributed by atoms with Crippen molar-refractivity contribution in [2.75, 3.05) is 4.90 Å². The molecule has 1 heterocycles. The topological polar surface area (TPSA) is 8.17 Å². The molecule has 0 saturated carbocycles. The van der Waals surface area contributed by atoms with Gasteiger partial charge in [0.15, 0.2) is 0 Å². The number of anilines is 3. The maximum atomic E-state index is 2.45. The fourth-order valence-electron chi connectivity index (χ4n) is 10.4. The van der Waals surface area contributed by atoms with Crippen LogP contribution in [0.3, 0.4) is 0 Å². The second-order valence-corrected chi connectivity index (χ2v) is 16.9. The van der Waals surface area contributed by atoms with Crippen LogP contribution in [0.1, 0.15) is 25.0 Å². The van der Waals surface area contributed by atoms with Gasteiger partial charge in [0, 0.05) is 38.9 Å². The normalized spacial score (nSPS) is 12.9. The van der Waals surface area contributed by atoms with Crippen molar-refractivity contribution < 1.29 is 0 Å². The van der Waals surface area contributed by atoms with Crippen molar-refractivity contribution in [3.05, 3.63) is 230 Å². The molecule has 12 rings (SSSR count). The molecule has 288 valence electrons. The van der Waals surface area contributed by atoms with Gasteiger partial charge in [-0.05, 0) is 127 Å². The highest BCUT2D eigenvalue weighted by Gasteiger charge is 2.35. The van der Waals surface area contributed by atoms with Crippen LogP contribution in [-0.2, 0) is 5.41 Å². The Balaban J connectivity index is 1.000. The molecule has 0 fully saturated rings. The molecule has 0 atom stereocenters. The fraction of sp³-hybridized carbons (Fsp3) is 0.0508. The number of fused-ring (bicyclic) bond motifs is 8. The molecule has 2 heteroatoms. The number of aromatic nitrogens is 1. The van der Waals surface area contributed by atoms with Gasteiger partial charge in [-0.2, -0.15) is 0 Å². The highest BCUT2D eigenvalue weighted by atomic mass is 15.1. The second-order valence-electron chi connectivity index (χ2n) is 16.9. The molecule has 10 aromatic carbocycles. The van der Waals surface area contributed by atoms with Crippen LogP contribution in [-0.4, -0.2) is 4.57 Å². The van der Waals surface area contributed by atoms with Crippen LogP contribution >= 0.6 is 0 Å². The summed E-state index contributed by atoms with van der Waals surface area (Å²) in [6.07, 6.45) is 0. The SMILES string of the molecule is CC1(C)c2ccccc2-c2ccc(-n3c4ccccc4c4cc(N(c5ccccc5)c5ccc(-c6c7ccccc7c(-c7ccccc7)c7ccccc67)cc5)ccc43)cc21. The van der Waals surface area contributed by atoms with Crippen molar-refractivity contribution in [2.24, 2.45) is 0 Å². The number of rotatable bonds is 6. The highest BCUT2D eigenvalue weighted by Crippen LogP contribution is 2.50. The number of hydrogen-bond donors (Lipinski definition) is 0. The lowest BCUT2D eigenvalue weighted by atomic mass is 9.82. The molecule has 11 aromatic rings. The summed E-state index contributed by atoms with van der Waals surface area (Å²) in [5.74, 6) is 0. The third-order valence-electron chi connectivity index (χ3n) is 13.2. The van der Waals surface area contributed by atoms with Crippen LogP contribution in [0.4, 0.5) is 17.1 Å². The van der Waals surface area contributed by atoms with E-state index in [-0.39, 0.29) is 5.41 Å². The smallest absolute Gasteiger partial charge is 0.0542 e. The maximum Gasteiger partial charge on any atom is 0.0542 e. The molecule has 0 unspecified atom stereocenters. The molecule has 1 aliphatic carbocycles. The Morgan fingerprint density at radius 2 is 0.836 bits per heavy atom. The number of nitrogens with zero attached hydrogens (tertiary/aromatic N) is 2. The monoisotopic (exact) mass is 778 g/mol. The molecular formula is C59H42N2. The summed E-state index contributed by atoms with van der Waals surface area (Å²) >= 11 is 0. The maximum absolute atomic E-state index is 2.45. The van der Waals surface area contributed by atoms with E-state index in [1.54, 1.807) is 0 Å². The molecule has 2 nitrogen and oxygen atoms in total. The molecule has 0 bridgehead atoms.